The highest BCUT2D eigenvalue weighted by molar-refractivity contribution is 7.16. The first-order chi connectivity index (χ1) is 10.2. The van der Waals surface area contributed by atoms with Gasteiger partial charge in [-0.15, -0.1) is 36.2 Å². The summed E-state index contributed by atoms with van der Waals surface area (Å²) in [4.78, 5) is 21.1. The summed E-state index contributed by atoms with van der Waals surface area (Å²) < 4.78 is 0. The van der Waals surface area contributed by atoms with Crippen molar-refractivity contribution in [1.29, 1.82) is 0 Å². The lowest BCUT2D eigenvalue weighted by molar-refractivity contribution is 0.0931. The van der Waals surface area contributed by atoms with Gasteiger partial charge in [0.15, 0.2) is 0 Å². The Morgan fingerprint density at radius 2 is 2.17 bits per heavy atom. The summed E-state index contributed by atoms with van der Waals surface area (Å²) in [5, 5.41) is 16.4. The molecule has 0 spiro atoms. The first-order valence-corrected chi connectivity index (χ1v) is 7.60. The molecule has 9 heteroatoms. The molecule has 126 valence electrons. The minimum absolute atomic E-state index is 0. The predicted octanol–water partition coefficient (Wildman–Crippen LogP) is 1.36. The Morgan fingerprint density at radius 3 is 2.83 bits per heavy atom. The third-order valence-electron chi connectivity index (χ3n) is 3.44. The number of aliphatic hydroxyl groups is 1. The molecule has 23 heavy (non-hydrogen) atoms. The van der Waals surface area contributed by atoms with Crippen molar-refractivity contribution < 1.29 is 9.90 Å². The highest BCUT2D eigenvalue weighted by atomic mass is 35.5. The molecule has 1 aliphatic heterocycles. The van der Waals surface area contributed by atoms with Gasteiger partial charge < -0.3 is 15.7 Å². The van der Waals surface area contributed by atoms with E-state index in [1.165, 1.54) is 11.3 Å². The molecule has 1 aliphatic rings. The number of nitrogens with one attached hydrogen (secondary N) is 2. The van der Waals surface area contributed by atoms with Crippen LogP contribution in [-0.4, -0.2) is 46.7 Å². The fourth-order valence-corrected chi connectivity index (χ4v) is 3.03. The molecule has 2 unspecified atom stereocenters. The summed E-state index contributed by atoms with van der Waals surface area (Å²) in [6.45, 7) is 1.78. The number of thiazole rings is 1. The van der Waals surface area contributed by atoms with Gasteiger partial charge in [0.2, 0.25) is 0 Å². The molecule has 0 aromatic carbocycles. The first kappa shape index (κ1) is 19.8. The Kier molecular flexibility index (Phi) is 7.87. The highest BCUT2D eigenvalue weighted by Gasteiger charge is 2.25. The third kappa shape index (κ3) is 4.86. The van der Waals surface area contributed by atoms with Crippen molar-refractivity contribution in [2.45, 2.75) is 6.10 Å². The van der Waals surface area contributed by atoms with Crippen molar-refractivity contribution in [1.82, 2.24) is 20.6 Å². The quantitative estimate of drug-likeness (QED) is 0.749. The van der Waals surface area contributed by atoms with Crippen LogP contribution in [0.2, 0.25) is 0 Å². The van der Waals surface area contributed by atoms with Gasteiger partial charge in [-0.3, -0.25) is 9.78 Å². The molecule has 3 heterocycles. The van der Waals surface area contributed by atoms with Gasteiger partial charge in [0, 0.05) is 31.7 Å². The van der Waals surface area contributed by atoms with E-state index in [0.29, 0.717) is 18.0 Å². The van der Waals surface area contributed by atoms with Crippen LogP contribution in [0, 0.1) is 5.92 Å². The van der Waals surface area contributed by atoms with Crippen LogP contribution in [0.25, 0.3) is 10.7 Å². The summed E-state index contributed by atoms with van der Waals surface area (Å²) in [7, 11) is 0. The molecule has 6 nitrogen and oxygen atoms in total. The van der Waals surface area contributed by atoms with Crippen LogP contribution in [0.5, 0.6) is 0 Å². The zero-order valence-corrected chi connectivity index (χ0v) is 14.6. The van der Waals surface area contributed by atoms with Crippen molar-refractivity contribution in [3.05, 3.63) is 35.5 Å². The fourth-order valence-electron chi connectivity index (χ4n) is 2.23. The molecule has 0 radical (unpaired) electrons. The Morgan fingerprint density at radius 1 is 1.35 bits per heavy atom. The standard InChI is InChI=1S/C14H16N4O2S.2ClH/c19-11-7-15-5-9(11)6-17-13(20)12-8-18-14(21-12)10-3-1-2-4-16-10;;/h1-4,8-9,11,15,19H,5-7H2,(H,17,20);2*1H. The molecule has 1 fully saturated rings. The topological polar surface area (TPSA) is 87.1 Å². The molecule has 3 N–H and O–H groups in total. The molecule has 1 saturated heterocycles. The van der Waals surface area contributed by atoms with E-state index in [4.69, 9.17) is 0 Å². The maximum atomic E-state index is 12.1. The number of halogens is 2. The lowest BCUT2D eigenvalue weighted by atomic mass is 10.1. The minimum Gasteiger partial charge on any atom is -0.391 e. The van der Waals surface area contributed by atoms with Gasteiger partial charge in [0.05, 0.1) is 18.0 Å². The van der Waals surface area contributed by atoms with E-state index in [9.17, 15) is 9.90 Å². The summed E-state index contributed by atoms with van der Waals surface area (Å²) in [5.74, 6) is -0.0917. The van der Waals surface area contributed by atoms with Crippen molar-refractivity contribution in [2.75, 3.05) is 19.6 Å². The summed E-state index contributed by atoms with van der Waals surface area (Å²) in [6.07, 6.45) is 2.87. The van der Waals surface area contributed by atoms with E-state index in [2.05, 4.69) is 20.6 Å². The average Bonchev–Trinajstić information content (AvgIpc) is 3.15. The number of carbonyl (C=O) groups excluding carboxylic acids is 1. The van der Waals surface area contributed by atoms with Crippen molar-refractivity contribution in [3.63, 3.8) is 0 Å². The zero-order valence-electron chi connectivity index (χ0n) is 12.1. The number of hydrogen-bond donors (Lipinski definition) is 3. The Bertz CT molecular complexity index is 626. The number of carbonyl (C=O) groups is 1. The third-order valence-corrected chi connectivity index (χ3v) is 4.46. The molecular formula is C14H18Cl2N4O2S. The number of hydrogen-bond acceptors (Lipinski definition) is 6. The number of β-amino-alcohol motifs (C(OH)–C–C–N with tert-alkyl or cyclic N) is 1. The molecule has 1 amide bonds. The van der Waals surface area contributed by atoms with E-state index in [1.54, 1.807) is 12.4 Å². The minimum atomic E-state index is -0.393. The molecule has 3 rings (SSSR count). The Labute approximate surface area is 150 Å². The van der Waals surface area contributed by atoms with Crippen molar-refractivity contribution >= 4 is 42.1 Å². The van der Waals surface area contributed by atoms with Gasteiger partial charge in [-0.25, -0.2) is 4.98 Å². The molecular weight excluding hydrogens is 359 g/mol. The first-order valence-electron chi connectivity index (χ1n) is 6.78. The van der Waals surface area contributed by atoms with E-state index < -0.39 is 6.10 Å². The summed E-state index contributed by atoms with van der Waals surface area (Å²) >= 11 is 1.31. The lowest BCUT2D eigenvalue weighted by Crippen LogP contribution is -2.34. The number of pyridine rings is 1. The van der Waals surface area contributed by atoms with Crippen LogP contribution in [-0.2, 0) is 0 Å². The largest absolute Gasteiger partial charge is 0.391 e. The molecule has 0 aliphatic carbocycles. The van der Waals surface area contributed by atoms with E-state index in [-0.39, 0.29) is 36.6 Å². The summed E-state index contributed by atoms with van der Waals surface area (Å²) in [5.41, 5.74) is 0.761. The number of aliphatic hydroxyl groups excluding tert-OH is 1. The Balaban J connectivity index is 0.00000132. The van der Waals surface area contributed by atoms with Crippen LogP contribution in [0.4, 0.5) is 0 Å². The van der Waals surface area contributed by atoms with E-state index >= 15 is 0 Å². The van der Waals surface area contributed by atoms with Crippen LogP contribution in [0.3, 0.4) is 0 Å². The lowest BCUT2D eigenvalue weighted by Gasteiger charge is -2.13. The average molecular weight is 377 g/mol. The van der Waals surface area contributed by atoms with Crippen LogP contribution >= 0.6 is 36.2 Å². The van der Waals surface area contributed by atoms with Gasteiger partial charge in [-0.05, 0) is 12.1 Å². The molecule has 0 saturated carbocycles. The van der Waals surface area contributed by atoms with Gasteiger partial charge >= 0.3 is 0 Å². The maximum Gasteiger partial charge on any atom is 0.263 e. The number of rotatable bonds is 4. The van der Waals surface area contributed by atoms with Crippen LogP contribution in [0.15, 0.2) is 30.6 Å². The van der Waals surface area contributed by atoms with Crippen molar-refractivity contribution in [3.8, 4) is 10.7 Å². The van der Waals surface area contributed by atoms with E-state index in [0.717, 1.165) is 17.2 Å². The number of aromatic nitrogens is 2. The summed E-state index contributed by atoms with van der Waals surface area (Å²) in [6, 6.07) is 5.59. The van der Waals surface area contributed by atoms with Gasteiger partial charge in [0.1, 0.15) is 9.88 Å². The second kappa shape index (κ2) is 9.14. The van der Waals surface area contributed by atoms with Crippen LogP contribution < -0.4 is 10.6 Å². The highest BCUT2D eigenvalue weighted by Crippen LogP contribution is 2.23. The van der Waals surface area contributed by atoms with Gasteiger partial charge in [-0.1, -0.05) is 6.07 Å². The molecule has 2 aromatic rings. The zero-order chi connectivity index (χ0) is 14.7. The SMILES string of the molecule is Cl.Cl.O=C(NCC1CNCC1O)c1cnc(-c2ccccn2)s1. The molecule has 2 aromatic heterocycles. The Hall–Kier alpha value is -1.25. The monoisotopic (exact) mass is 376 g/mol. The maximum absolute atomic E-state index is 12.1. The van der Waals surface area contributed by atoms with E-state index in [1.807, 2.05) is 18.2 Å². The van der Waals surface area contributed by atoms with Gasteiger partial charge in [0.25, 0.3) is 5.91 Å². The predicted molar refractivity (Wildman–Crippen MR) is 94.5 cm³/mol. The smallest absolute Gasteiger partial charge is 0.263 e. The second-order valence-corrected chi connectivity index (χ2v) is 5.97. The second-order valence-electron chi connectivity index (χ2n) is 4.94. The molecule has 2 atom stereocenters. The fraction of sp³-hybridized carbons (Fsp3) is 0.357. The van der Waals surface area contributed by atoms with Crippen molar-refractivity contribution in [2.24, 2.45) is 5.92 Å². The number of nitrogens with zero attached hydrogens (tertiary/aromatic N) is 2. The molecule has 0 bridgehead atoms. The van der Waals surface area contributed by atoms with Gasteiger partial charge in [-0.2, -0.15) is 0 Å². The normalized spacial score (nSPS) is 19.5. The number of amides is 1. The van der Waals surface area contributed by atoms with Crippen LogP contribution in [0.1, 0.15) is 9.67 Å².